The quantitative estimate of drug-likeness (QED) is 0.795. The van der Waals surface area contributed by atoms with Gasteiger partial charge in [-0.15, -0.1) is 0 Å². The molecule has 1 amide bonds. The van der Waals surface area contributed by atoms with E-state index in [-0.39, 0.29) is 11.9 Å². The number of rotatable bonds is 3. The maximum Gasteiger partial charge on any atom is 0.255 e. The van der Waals surface area contributed by atoms with Crippen LogP contribution in [0.4, 0.5) is 0 Å². The summed E-state index contributed by atoms with van der Waals surface area (Å²) in [4.78, 5) is 23.4. The lowest BCUT2D eigenvalue weighted by Crippen LogP contribution is -2.45. The number of fused-ring (bicyclic) bond motifs is 1. The van der Waals surface area contributed by atoms with E-state index in [9.17, 15) is 4.79 Å². The van der Waals surface area contributed by atoms with Gasteiger partial charge < -0.3 is 15.2 Å². The van der Waals surface area contributed by atoms with Crippen molar-refractivity contribution in [1.82, 2.24) is 19.4 Å². The maximum absolute atomic E-state index is 12.7. The summed E-state index contributed by atoms with van der Waals surface area (Å²) in [6.07, 6.45) is 5.35. The summed E-state index contributed by atoms with van der Waals surface area (Å²) in [6, 6.07) is 12.1. The van der Waals surface area contributed by atoms with Crippen molar-refractivity contribution in [2.45, 2.75) is 25.4 Å². The average molecular weight is 335 g/mol. The third-order valence-corrected chi connectivity index (χ3v) is 4.64. The number of nitrogens with zero attached hydrogens (tertiary/aromatic N) is 4. The second-order valence-electron chi connectivity index (χ2n) is 6.58. The number of pyridine rings is 1. The van der Waals surface area contributed by atoms with Crippen molar-refractivity contribution in [3.8, 4) is 0 Å². The number of benzene rings is 1. The molecule has 1 aromatic carbocycles. The Hall–Kier alpha value is -2.73. The molecule has 1 atom stereocenters. The first kappa shape index (κ1) is 15.8. The lowest BCUT2D eigenvalue weighted by atomic mass is 10.1. The van der Waals surface area contributed by atoms with Crippen LogP contribution in [0.3, 0.4) is 0 Å². The molecule has 4 rings (SSSR count). The van der Waals surface area contributed by atoms with Crippen molar-refractivity contribution in [3.63, 3.8) is 0 Å². The molecule has 25 heavy (non-hydrogen) atoms. The molecule has 0 saturated carbocycles. The van der Waals surface area contributed by atoms with Gasteiger partial charge in [-0.2, -0.15) is 0 Å². The summed E-state index contributed by atoms with van der Waals surface area (Å²) in [5, 5.41) is 0. The van der Waals surface area contributed by atoms with Crippen LogP contribution in [0.25, 0.3) is 11.2 Å². The van der Waals surface area contributed by atoms with Gasteiger partial charge in [0.1, 0.15) is 5.52 Å². The smallest absolute Gasteiger partial charge is 0.255 e. The molecular weight excluding hydrogens is 314 g/mol. The molecule has 3 heterocycles. The molecule has 0 aliphatic carbocycles. The Bertz CT molecular complexity index is 889. The number of nitrogens with two attached hydrogens (primary N) is 1. The first-order valence-corrected chi connectivity index (χ1v) is 8.60. The van der Waals surface area contributed by atoms with Crippen LogP contribution in [0.1, 0.15) is 28.8 Å². The van der Waals surface area contributed by atoms with Crippen LogP contribution in [0.15, 0.2) is 48.9 Å². The minimum Gasteiger partial charge on any atom is -0.337 e. The molecule has 2 aromatic heterocycles. The van der Waals surface area contributed by atoms with E-state index < -0.39 is 0 Å². The molecule has 0 unspecified atom stereocenters. The third-order valence-electron chi connectivity index (χ3n) is 4.64. The molecule has 0 spiro atoms. The molecular formula is C19H21N5O. The molecule has 3 aromatic rings. The van der Waals surface area contributed by atoms with Crippen molar-refractivity contribution in [2.75, 3.05) is 13.1 Å². The van der Waals surface area contributed by atoms with E-state index in [1.54, 1.807) is 12.5 Å². The van der Waals surface area contributed by atoms with E-state index in [1.807, 2.05) is 33.7 Å². The summed E-state index contributed by atoms with van der Waals surface area (Å²) >= 11 is 0. The highest BCUT2D eigenvalue weighted by Crippen LogP contribution is 2.17. The number of likely N-dealkylation sites (tertiary alicyclic amines) is 1. The van der Waals surface area contributed by atoms with E-state index in [1.165, 1.54) is 5.56 Å². The van der Waals surface area contributed by atoms with Crippen molar-refractivity contribution in [2.24, 2.45) is 5.73 Å². The summed E-state index contributed by atoms with van der Waals surface area (Å²) < 4.78 is 2.00. The van der Waals surface area contributed by atoms with Gasteiger partial charge in [-0.3, -0.25) is 4.79 Å². The number of carbonyl (C=O) groups is 1. The topological polar surface area (TPSA) is 77.0 Å². The average Bonchev–Trinajstić information content (AvgIpc) is 3.04. The van der Waals surface area contributed by atoms with E-state index in [0.29, 0.717) is 18.7 Å². The lowest BCUT2D eigenvalue weighted by Gasteiger charge is -2.30. The summed E-state index contributed by atoms with van der Waals surface area (Å²) in [5.41, 5.74) is 9.27. The normalized spacial score (nSPS) is 17.8. The maximum atomic E-state index is 12.7. The van der Waals surface area contributed by atoms with Gasteiger partial charge >= 0.3 is 0 Å². The van der Waals surface area contributed by atoms with Gasteiger partial charge in [-0.25, -0.2) is 9.97 Å². The van der Waals surface area contributed by atoms with Crippen LogP contribution < -0.4 is 5.73 Å². The predicted molar refractivity (Wildman–Crippen MR) is 96.2 cm³/mol. The highest BCUT2D eigenvalue weighted by atomic mass is 16.2. The van der Waals surface area contributed by atoms with Gasteiger partial charge in [0.05, 0.1) is 18.4 Å². The second-order valence-corrected chi connectivity index (χ2v) is 6.58. The molecule has 1 aliphatic rings. The predicted octanol–water partition coefficient (Wildman–Crippen LogP) is 2.04. The van der Waals surface area contributed by atoms with Gasteiger partial charge in [0.2, 0.25) is 0 Å². The monoisotopic (exact) mass is 335 g/mol. The number of imidazole rings is 1. The van der Waals surface area contributed by atoms with E-state index in [4.69, 9.17) is 5.73 Å². The lowest BCUT2D eigenvalue weighted by molar-refractivity contribution is 0.0708. The fraction of sp³-hybridized carbons (Fsp3) is 0.316. The van der Waals surface area contributed by atoms with Crippen molar-refractivity contribution in [1.29, 1.82) is 0 Å². The molecule has 0 bridgehead atoms. The molecule has 0 radical (unpaired) electrons. The Labute approximate surface area is 146 Å². The van der Waals surface area contributed by atoms with Gasteiger partial charge in [0, 0.05) is 25.3 Å². The number of hydrogen-bond acceptors (Lipinski definition) is 4. The molecule has 1 fully saturated rings. The standard InChI is InChI=1S/C19H21N5O/c20-16-7-4-8-23(12-16)19(25)15-9-17-18(21-10-15)24(13-22-17)11-14-5-2-1-3-6-14/h1-3,5-6,9-10,13,16H,4,7-8,11-12,20H2/t16-/m0/s1. The fourth-order valence-corrected chi connectivity index (χ4v) is 3.34. The van der Waals surface area contributed by atoms with Crippen molar-refractivity contribution >= 4 is 17.1 Å². The van der Waals surface area contributed by atoms with Crippen molar-refractivity contribution in [3.05, 3.63) is 60.0 Å². The molecule has 6 heteroatoms. The zero-order valence-corrected chi connectivity index (χ0v) is 14.0. The van der Waals surface area contributed by atoms with Crippen LogP contribution in [-0.4, -0.2) is 44.5 Å². The molecule has 1 aliphatic heterocycles. The zero-order chi connectivity index (χ0) is 17.2. The third kappa shape index (κ3) is 3.25. The minimum absolute atomic E-state index is 0.0119. The Balaban J connectivity index is 1.58. The Morgan fingerprint density at radius 3 is 2.88 bits per heavy atom. The molecule has 1 saturated heterocycles. The molecule has 6 nitrogen and oxygen atoms in total. The SMILES string of the molecule is N[C@H]1CCCN(C(=O)c2cnc3c(c2)ncn3Cc2ccccc2)C1. The van der Waals surface area contributed by atoms with Crippen LogP contribution >= 0.6 is 0 Å². The number of carbonyl (C=O) groups excluding carboxylic acids is 1. The highest BCUT2D eigenvalue weighted by Gasteiger charge is 2.23. The number of amides is 1. The van der Waals surface area contributed by atoms with Gasteiger partial charge in [-0.1, -0.05) is 30.3 Å². The van der Waals surface area contributed by atoms with Crippen LogP contribution in [0.2, 0.25) is 0 Å². The minimum atomic E-state index is -0.0119. The van der Waals surface area contributed by atoms with Gasteiger partial charge in [0.25, 0.3) is 5.91 Å². The Morgan fingerprint density at radius 1 is 1.24 bits per heavy atom. The zero-order valence-electron chi connectivity index (χ0n) is 14.0. The first-order chi connectivity index (χ1) is 12.2. The van der Waals surface area contributed by atoms with E-state index in [0.717, 1.165) is 30.6 Å². The second kappa shape index (κ2) is 6.64. The number of hydrogen-bond donors (Lipinski definition) is 1. The number of piperidine rings is 1. The van der Waals surface area contributed by atoms with Crippen LogP contribution in [0, 0.1) is 0 Å². The van der Waals surface area contributed by atoms with Crippen molar-refractivity contribution < 1.29 is 4.79 Å². The van der Waals surface area contributed by atoms with E-state index in [2.05, 4.69) is 22.1 Å². The van der Waals surface area contributed by atoms with Gasteiger partial charge in [0.15, 0.2) is 5.65 Å². The molecule has 2 N–H and O–H groups in total. The summed E-state index contributed by atoms with van der Waals surface area (Å²) in [7, 11) is 0. The summed E-state index contributed by atoms with van der Waals surface area (Å²) in [5.74, 6) is -0.0119. The fourth-order valence-electron chi connectivity index (χ4n) is 3.34. The Morgan fingerprint density at radius 2 is 2.08 bits per heavy atom. The largest absolute Gasteiger partial charge is 0.337 e. The summed E-state index contributed by atoms with van der Waals surface area (Å²) in [6.45, 7) is 2.07. The van der Waals surface area contributed by atoms with E-state index >= 15 is 0 Å². The highest BCUT2D eigenvalue weighted by molar-refractivity contribution is 5.96. The number of aromatic nitrogens is 3. The van der Waals surface area contributed by atoms with Crippen LogP contribution in [-0.2, 0) is 6.54 Å². The van der Waals surface area contributed by atoms with Gasteiger partial charge in [-0.05, 0) is 24.5 Å². The first-order valence-electron chi connectivity index (χ1n) is 8.60. The molecule has 128 valence electrons. The van der Waals surface area contributed by atoms with Crippen LogP contribution in [0.5, 0.6) is 0 Å². The Kier molecular flexibility index (Phi) is 4.19.